The first-order chi connectivity index (χ1) is 10.3. The van der Waals surface area contributed by atoms with Gasteiger partial charge < -0.3 is 9.88 Å². The van der Waals surface area contributed by atoms with Gasteiger partial charge in [-0.1, -0.05) is 6.92 Å². The van der Waals surface area contributed by atoms with Gasteiger partial charge in [0.15, 0.2) is 11.5 Å². The van der Waals surface area contributed by atoms with Gasteiger partial charge in [0.2, 0.25) is 0 Å². The van der Waals surface area contributed by atoms with E-state index in [1.807, 2.05) is 23.6 Å². The minimum absolute atomic E-state index is 0.570. The van der Waals surface area contributed by atoms with Crippen LogP contribution in [-0.2, 0) is 13.1 Å². The van der Waals surface area contributed by atoms with Crippen molar-refractivity contribution in [2.75, 3.05) is 5.32 Å². The van der Waals surface area contributed by atoms with Crippen molar-refractivity contribution in [3.63, 3.8) is 0 Å². The molecule has 0 fully saturated rings. The Morgan fingerprint density at radius 2 is 2.19 bits per heavy atom. The van der Waals surface area contributed by atoms with Crippen LogP contribution in [0.2, 0.25) is 0 Å². The molecule has 0 saturated carbocycles. The van der Waals surface area contributed by atoms with Gasteiger partial charge in [-0.05, 0) is 25.5 Å². The monoisotopic (exact) mass is 283 g/mol. The summed E-state index contributed by atoms with van der Waals surface area (Å²) in [6.45, 7) is 5.47. The van der Waals surface area contributed by atoms with Crippen molar-refractivity contribution >= 4 is 16.9 Å². The maximum Gasteiger partial charge on any atom is 0.164 e. The molecule has 0 atom stereocenters. The Bertz CT molecular complexity index is 750. The molecular formula is C14H17N7. The van der Waals surface area contributed by atoms with E-state index in [1.54, 1.807) is 12.5 Å². The summed E-state index contributed by atoms with van der Waals surface area (Å²) in [4.78, 5) is 13.1. The molecule has 0 aliphatic rings. The van der Waals surface area contributed by atoms with Gasteiger partial charge in [-0.2, -0.15) is 0 Å². The van der Waals surface area contributed by atoms with Crippen LogP contribution in [0.15, 0.2) is 24.7 Å². The maximum absolute atomic E-state index is 4.46. The van der Waals surface area contributed by atoms with Crippen molar-refractivity contribution < 1.29 is 0 Å². The molecule has 3 aromatic rings. The fourth-order valence-corrected chi connectivity index (χ4v) is 2.21. The first-order valence-electron chi connectivity index (χ1n) is 6.98. The average molecular weight is 283 g/mol. The first-order valence-corrected chi connectivity index (χ1v) is 6.98. The second-order valence-corrected chi connectivity index (χ2v) is 4.79. The molecule has 7 heteroatoms. The lowest BCUT2D eigenvalue weighted by atomic mass is 10.3. The van der Waals surface area contributed by atoms with Gasteiger partial charge >= 0.3 is 0 Å². The molecule has 0 radical (unpaired) electrons. The molecule has 108 valence electrons. The number of hydrogen-bond acceptors (Lipinski definition) is 6. The van der Waals surface area contributed by atoms with Crippen LogP contribution in [0.3, 0.4) is 0 Å². The molecule has 21 heavy (non-hydrogen) atoms. The highest BCUT2D eigenvalue weighted by molar-refractivity contribution is 5.86. The molecule has 1 N–H and O–H groups in total. The summed E-state index contributed by atoms with van der Waals surface area (Å²) in [6.07, 6.45) is 4.53. The molecule has 3 aromatic heterocycles. The molecule has 3 rings (SSSR count). The van der Waals surface area contributed by atoms with Gasteiger partial charge in [-0.15, -0.1) is 10.2 Å². The van der Waals surface area contributed by atoms with E-state index in [2.05, 4.69) is 37.4 Å². The molecule has 0 aliphatic heterocycles. The minimum atomic E-state index is 0.570. The molecule has 0 bridgehead atoms. The Morgan fingerprint density at radius 3 is 3.05 bits per heavy atom. The number of nitrogens with zero attached hydrogens (tertiary/aromatic N) is 6. The van der Waals surface area contributed by atoms with Crippen molar-refractivity contribution in [3.05, 3.63) is 36.3 Å². The van der Waals surface area contributed by atoms with E-state index in [-0.39, 0.29) is 0 Å². The normalized spacial score (nSPS) is 11.0. The predicted octanol–water partition coefficient (Wildman–Crippen LogP) is 1.95. The van der Waals surface area contributed by atoms with E-state index in [0.29, 0.717) is 18.0 Å². The quantitative estimate of drug-likeness (QED) is 0.770. The maximum atomic E-state index is 4.46. The molecule has 3 heterocycles. The summed E-state index contributed by atoms with van der Waals surface area (Å²) in [5.74, 6) is 2.36. The third-order valence-electron chi connectivity index (χ3n) is 3.16. The molecular weight excluding hydrogens is 266 g/mol. The van der Waals surface area contributed by atoms with Crippen LogP contribution in [0, 0.1) is 6.92 Å². The summed E-state index contributed by atoms with van der Waals surface area (Å²) in [7, 11) is 0. The third-order valence-corrected chi connectivity index (χ3v) is 3.16. The second kappa shape index (κ2) is 5.82. The highest BCUT2D eigenvalue weighted by Gasteiger charge is 2.08. The van der Waals surface area contributed by atoms with Crippen molar-refractivity contribution in [1.29, 1.82) is 0 Å². The van der Waals surface area contributed by atoms with Gasteiger partial charge in [-0.25, -0.2) is 15.0 Å². The van der Waals surface area contributed by atoms with Gasteiger partial charge in [0.1, 0.15) is 18.0 Å². The summed E-state index contributed by atoms with van der Waals surface area (Å²) < 4.78 is 2.04. The Labute approximate surface area is 122 Å². The van der Waals surface area contributed by atoms with E-state index in [1.165, 1.54) is 0 Å². The van der Waals surface area contributed by atoms with E-state index in [4.69, 9.17) is 0 Å². The SMILES string of the molecule is CCCn1cnnc1CNc1nc(C)nc2ncccc12. The topological polar surface area (TPSA) is 81.4 Å². The van der Waals surface area contributed by atoms with Crippen LogP contribution in [0.25, 0.3) is 11.0 Å². The molecule has 0 aromatic carbocycles. The molecule has 0 amide bonds. The van der Waals surface area contributed by atoms with Crippen molar-refractivity contribution in [2.24, 2.45) is 0 Å². The number of aryl methyl sites for hydroxylation is 2. The van der Waals surface area contributed by atoms with Crippen LogP contribution in [0.4, 0.5) is 5.82 Å². The molecule has 0 saturated heterocycles. The fourth-order valence-electron chi connectivity index (χ4n) is 2.21. The lowest BCUT2D eigenvalue weighted by Crippen LogP contribution is -2.10. The van der Waals surface area contributed by atoms with E-state index in [9.17, 15) is 0 Å². The highest BCUT2D eigenvalue weighted by atomic mass is 15.3. The Morgan fingerprint density at radius 1 is 1.29 bits per heavy atom. The number of hydrogen-bond donors (Lipinski definition) is 1. The molecule has 7 nitrogen and oxygen atoms in total. The van der Waals surface area contributed by atoms with Crippen LogP contribution in [0.1, 0.15) is 25.0 Å². The third kappa shape index (κ3) is 2.81. The van der Waals surface area contributed by atoms with Gasteiger partial charge in [0.25, 0.3) is 0 Å². The lowest BCUT2D eigenvalue weighted by Gasteiger charge is -2.09. The Hall–Kier alpha value is -2.57. The largest absolute Gasteiger partial charge is 0.362 e. The zero-order valence-corrected chi connectivity index (χ0v) is 12.1. The molecule has 0 unspecified atom stereocenters. The van der Waals surface area contributed by atoms with Crippen LogP contribution >= 0.6 is 0 Å². The summed E-state index contributed by atoms with van der Waals surface area (Å²) >= 11 is 0. The van der Waals surface area contributed by atoms with Crippen LogP contribution in [0.5, 0.6) is 0 Å². The van der Waals surface area contributed by atoms with Gasteiger partial charge in [0, 0.05) is 12.7 Å². The number of aromatic nitrogens is 6. The summed E-state index contributed by atoms with van der Waals surface area (Å²) in [5, 5.41) is 12.3. The highest BCUT2D eigenvalue weighted by Crippen LogP contribution is 2.18. The zero-order valence-electron chi connectivity index (χ0n) is 12.1. The fraction of sp³-hybridized carbons (Fsp3) is 0.357. The standard InChI is InChI=1S/C14H17N7/c1-3-7-21-9-17-20-12(21)8-16-14-11-5-4-6-15-13(11)18-10(2)19-14/h4-6,9H,3,7-8H2,1-2H3,(H,15,16,18,19). The van der Waals surface area contributed by atoms with Crippen LogP contribution in [-0.4, -0.2) is 29.7 Å². The Kier molecular flexibility index (Phi) is 3.72. The molecule has 0 aliphatic carbocycles. The smallest absolute Gasteiger partial charge is 0.164 e. The number of anilines is 1. The van der Waals surface area contributed by atoms with Crippen molar-refractivity contribution in [1.82, 2.24) is 29.7 Å². The second-order valence-electron chi connectivity index (χ2n) is 4.79. The average Bonchev–Trinajstić information content (AvgIpc) is 2.92. The summed E-state index contributed by atoms with van der Waals surface area (Å²) in [6, 6.07) is 3.84. The van der Waals surface area contributed by atoms with Gasteiger partial charge in [0.05, 0.1) is 11.9 Å². The zero-order chi connectivity index (χ0) is 14.7. The van der Waals surface area contributed by atoms with Crippen molar-refractivity contribution in [2.45, 2.75) is 33.4 Å². The van der Waals surface area contributed by atoms with E-state index < -0.39 is 0 Å². The lowest BCUT2D eigenvalue weighted by molar-refractivity contribution is 0.643. The first kappa shape index (κ1) is 13.4. The van der Waals surface area contributed by atoms with Crippen molar-refractivity contribution in [3.8, 4) is 0 Å². The minimum Gasteiger partial charge on any atom is -0.362 e. The number of pyridine rings is 1. The van der Waals surface area contributed by atoms with E-state index in [0.717, 1.165) is 30.0 Å². The number of nitrogens with one attached hydrogen (secondary N) is 1. The van der Waals surface area contributed by atoms with Gasteiger partial charge in [-0.3, -0.25) is 0 Å². The summed E-state index contributed by atoms with van der Waals surface area (Å²) in [5.41, 5.74) is 0.697. The molecule has 0 spiro atoms. The number of rotatable bonds is 5. The van der Waals surface area contributed by atoms with E-state index >= 15 is 0 Å². The van der Waals surface area contributed by atoms with Crippen LogP contribution < -0.4 is 5.32 Å². The number of fused-ring (bicyclic) bond motifs is 1. The predicted molar refractivity (Wildman–Crippen MR) is 79.7 cm³/mol. The Balaban J connectivity index is 1.86.